The Balaban J connectivity index is 2.56. The Hall–Kier alpha value is -0.610. The molecule has 0 unspecified atom stereocenters. The standard InChI is InChI=1S/C9H11BrFNO/c1-12-4-5-13-9-3-2-7(10)6-8(9)11/h2-3,6,12H,4-5H2,1H3. The highest BCUT2D eigenvalue weighted by molar-refractivity contribution is 9.10. The fourth-order valence-electron chi connectivity index (χ4n) is 0.855. The molecule has 1 aromatic carbocycles. The molecule has 1 aromatic rings. The average molecular weight is 248 g/mol. The van der Waals surface area contributed by atoms with Crippen LogP contribution < -0.4 is 10.1 Å². The van der Waals surface area contributed by atoms with E-state index in [0.29, 0.717) is 23.4 Å². The first-order valence-electron chi connectivity index (χ1n) is 3.96. The van der Waals surface area contributed by atoms with Gasteiger partial charge in [0, 0.05) is 11.0 Å². The molecule has 0 heterocycles. The molecule has 4 heteroatoms. The smallest absolute Gasteiger partial charge is 0.166 e. The lowest BCUT2D eigenvalue weighted by Crippen LogP contribution is -2.16. The van der Waals surface area contributed by atoms with Crippen molar-refractivity contribution in [2.75, 3.05) is 20.2 Å². The second kappa shape index (κ2) is 5.19. The number of benzene rings is 1. The van der Waals surface area contributed by atoms with Crippen LogP contribution in [0.2, 0.25) is 0 Å². The van der Waals surface area contributed by atoms with Gasteiger partial charge in [-0.1, -0.05) is 15.9 Å². The van der Waals surface area contributed by atoms with Crippen LogP contribution in [0, 0.1) is 5.82 Å². The zero-order valence-corrected chi connectivity index (χ0v) is 8.90. The molecule has 72 valence electrons. The fraction of sp³-hybridized carbons (Fsp3) is 0.333. The molecule has 1 N–H and O–H groups in total. The van der Waals surface area contributed by atoms with Gasteiger partial charge in [0.25, 0.3) is 0 Å². The average Bonchev–Trinajstić information content (AvgIpc) is 2.09. The van der Waals surface area contributed by atoms with Gasteiger partial charge >= 0.3 is 0 Å². The number of hydrogen-bond donors (Lipinski definition) is 1. The molecular weight excluding hydrogens is 237 g/mol. The van der Waals surface area contributed by atoms with Gasteiger partial charge in [0.05, 0.1) is 0 Å². The molecule has 0 radical (unpaired) electrons. The van der Waals surface area contributed by atoms with Gasteiger partial charge in [-0.3, -0.25) is 0 Å². The van der Waals surface area contributed by atoms with Crippen LogP contribution in [0.1, 0.15) is 0 Å². The maximum Gasteiger partial charge on any atom is 0.166 e. The molecule has 0 spiro atoms. The first-order valence-corrected chi connectivity index (χ1v) is 4.76. The van der Waals surface area contributed by atoms with Crippen molar-refractivity contribution >= 4 is 15.9 Å². The highest BCUT2D eigenvalue weighted by atomic mass is 79.9. The summed E-state index contributed by atoms with van der Waals surface area (Å²) in [6.45, 7) is 1.17. The molecule has 0 atom stereocenters. The van der Waals surface area contributed by atoms with Crippen LogP contribution in [0.5, 0.6) is 5.75 Å². The van der Waals surface area contributed by atoms with E-state index in [4.69, 9.17) is 4.74 Å². The maximum atomic E-state index is 13.1. The maximum absolute atomic E-state index is 13.1. The third kappa shape index (κ3) is 3.32. The number of halogens is 2. The molecule has 0 fully saturated rings. The van der Waals surface area contributed by atoms with Gasteiger partial charge in [0.1, 0.15) is 6.61 Å². The molecule has 0 aromatic heterocycles. The van der Waals surface area contributed by atoms with Crippen molar-refractivity contribution in [3.8, 4) is 5.75 Å². The van der Waals surface area contributed by atoms with Gasteiger partial charge in [-0.2, -0.15) is 0 Å². The lowest BCUT2D eigenvalue weighted by Gasteiger charge is -2.06. The molecule has 0 saturated carbocycles. The molecule has 0 bridgehead atoms. The van der Waals surface area contributed by atoms with Crippen LogP contribution in [0.15, 0.2) is 22.7 Å². The topological polar surface area (TPSA) is 21.3 Å². The van der Waals surface area contributed by atoms with Crippen LogP contribution in [-0.2, 0) is 0 Å². The van der Waals surface area contributed by atoms with Crippen molar-refractivity contribution in [1.29, 1.82) is 0 Å². The first-order chi connectivity index (χ1) is 6.24. The summed E-state index contributed by atoms with van der Waals surface area (Å²) in [7, 11) is 1.82. The Morgan fingerprint density at radius 1 is 1.54 bits per heavy atom. The Kier molecular flexibility index (Phi) is 4.18. The second-order valence-electron chi connectivity index (χ2n) is 2.53. The molecule has 0 aliphatic heterocycles. The molecular formula is C9H11BrFNO. The number of nitrogens with one attached hydrogen (secondary N) is 1. The predicted molar refractivity (Wildman–Crippen MR) is 53.5 cm³/mol. The summed E-state index contributed by atoms with van der Waals surface area (Å²) in [6.07, 6.45) is 0. The Morgan fingerprint density at radius 3 is 2.92 bits per heavy atom. The minimum atomic E-state index is -0.342. The molecule has 0 amide bonds. The van der Waals surface area contributed by atoms with Gasteiger partial charge in [-0.05, 0) is 25.2 Å². The SMILES string of the molecule is CNCCOc1ccc(Br)cc1F. The zero-order valence-electron chi connectivity index (χ0n) is 7.31. The van der Waals surface area contributed by atoms with Gasteiger partial charge in [-0.15, -0.1) is 0 Å². The molecule has 0 saturated heterocycles. The number of likely N-dealkylation sites (N-methyl/N-ethyl adjacent to an activating group) is 1. The molecule has 0 aliphatic rings. The summed E-state index contributed by atoms with van der Waals surface area (Å²) in [5.74, 6) is -0.0519. The summed E-state index contributed by atoms with van der Waals surface area (Å²) in [4.78, 5) is 0. The lowest BCUT2D eigenvalue weighted by molar-refractivity contribution is 0.302. The number of ether oxygens (including phenoxy) is 1. The van der Waals surface area contributed by atoms with Gasteiger partial charge in [0.15, 0.2) is 11.6 Å². The number of rotatable bonds is 4. The quantitative estimate of drug-likeness (QED) is 0.824. The number of hydrogen-bond acceptors (Lipinski definition) is 2. The summed E-state index contributed by atoms with van der Waals surface area (Å²) in [5.41, 5.74) is 0. The van der Waals surface area contributed by atoms with E-state index in [2.05, 4.69) is 21.2 Å². The van der Waals surface area contributed by atoms with Crippen molar-refractivity contribution in [2.24, 2.45) is 0 Å². The summed E-state index contributed by atoms with van der Waals surface area (Å²) < 4.78 is 19.0. The molecule has 2 nitrogen and oxygen atoms in total. The van der Waals surface area contributed by atoms with E-state index >= 15 is 0 Å². The predicted octanol–water partition coefficient (Wildman–Crippen LogP) is 2.19. The largest absolute Gasteiger partial charge is 0.489 e. The third-order valence-electron chi connectivity index (χ3n) is 1.50. The third-order valence-corrected chi connectivity index (χ3v) is 2.00. The fourth-order valence-corrected chi connectivity index (χ4v) is 1.19. The highest BCUT2D eigenvalue weighted by Gasteiger charge is 2.02. The van der Waals surface area contributed by atoms with Gasteiger partial charge in [0.2, 0.25) is 0 Å². The van der Waals surface area contributed by atoms with Crippen LogP contribution >= 0.6 is 15.9 Å². The monoisotopic (exact) mass is 247 g/mol. The summed E-state index contributed by atoms with van der Waals surface area (Å²) in [5, 5.41) is 2.91. The minimum Gasteiger partial charge on any atom is -0.489 e. The lowest BCUT2D eigenvalue weighted by atomic mass is 10.3. The van der Waals surface area contributed by atoms with Crippen LogP contribution in [0.3, 0.4) is 0 Å². The van der Waals surface area contributed by atoms with Crippen molar-refractivity contribution in [1.82, 2.24) is 5.32 Å². The normalized spacial score (nSPS) is 10.1. The van der Waals surface area contributed by atoms with Gasteiger partial charge < -0.3 is 10.1 Å². The Labute approximate surface area is 85.2 Å². The second-order valence-corrected chi connectivity index (χ2v) is 3.44. The Bertz CT molecular complexity index is 280. The van der Waals surface area contributed by atoms with E-state index in [0.717, 1.165) is 0 Å². The van der Waals surface area contributed by atoms with E-state index in [1.54, 1.807) is 12.1 Å². The van der Waals surface area contributed by atoms with Crippen molar-refractivity contribution in [3.63, 3.8) is 0 Å². The summed E-state index contributed by atoms with van der Waals surface area (Å²) >= 11 is 3.17. The molecule has 1 rings (SSSR count). The first kappa shape index (κ1) is 10.5. The van der Waals surface area contributed by atoms with E-state index in [-0.39, 0.29) is 5.82 Å². The van der Waals surface area contributed by atoms with E-state index in [1.165, 1.54) is 6.07 Å². The highest BCUT2D eigenvalue weighted by Crippen LogP contribution is 2.20. The minimum absolute atomic E-state index is 0.290. The van der Waals surface area contributed by atoms with Crippen molar-refractivity contribution in [2.45, 2.75) is 0 Å². The summed E-state index contributed by atoms with van der Waals surface area (Å²) in [6, 6.07) is 4.74. The van der Waals surface area contributed by atoms with Crippen LogP contribution in [0.25, 0.3) is 0 Å². The van der Waals surface area contributed by atoms with Gasteiger partial charge in [-0.25, -0.2) is 4.39 Å². The zero-order chi connectivity index (χ0) is 9.68. The van der Waals surface area contributed by atoms with E-state index in [9.17, 15) is 4.39 Å². The van der Waals surface area contributed by atoms with E-state index < -0.39 is 0 Å². The van der Waals surface area contributed by atoms with Crippen molar-refractivity contribution in [3.05, 3.63) is 28.5 Å². The van der Waals surface area contributed by atoms with Crippen molar-refractivity contribution < 1.29 is 9.13 Å². The Morgan fingerprint density at radius 2 is 2.31 bits per heavy atom. The van der Waals surface area contributed by atoms with Crippen LogP contribution in [0.4, 0.5) is 4.39 Å². The molecule has 0 aliphatic carbocycles. The molecule has 13 heavy (non-hydrogen) atoms. The van der Waals surface area contributed by atoms with Crippen LogP contribution in [-0.4, -0.2) is 20.2 Å². The van der Waals surface area contributed by atoms with E-state index in [1.807, 2.05) is 7.05 Å².